The molecule has 114 valence electrons. The summed E-state index contributed by atoms with van der Waals surface area (Å²) in [6.45, 7) is 17.7. The number of thioether (sulfide) groups is 1. The van der Waals surface area contributed by atoms with Crippen molar-refractivity contribution in [3.05, 3.63) is 0 Å². The zero-order valence-corrected chi connectivity index (χ0v) is 14.9. The van der Waals surface area contributed by atoms with Gasteiger partial charge in [-0.25, -0.2) is 0 Å². The van der Waals surface area contributed by atoms with E-state index in [0.29, 0.717) is 22.9 Å². The highest BCUT2D eigenvalue weighted by molar-refractivity contribution is 7.98. The van der Waals surface area contributed by atoms with Crippen molar-refractivity contribution in [1.82, 2.24) is 10.2 Å². The predicted molar refractivity (Wildman–Crippen MR) is 89.1 cm³/mol. The van der Waals surface area contributed by atoms with Crippen molar-refractivity contribution >= 4 is 11.8 Å². The van der Waals surface area contributed by atoms with E-state index in [1.54, 1.807) is 0 Å². The molecule has 3 heteroatoms. The molecule has 0 amide bonds. The topological polar surface area (TPSA) is 15.3 Å². The third-order valence-electron chi connectivity index (χ3n) is 4.25. The summed E-state index contributed by atoms with van der Waals surface area (Å²) in [6, 6.07) is 1.27. The Hall–Kier alpha value is 0.270. The fraction of sp³-hybridized carbons (Fsp3) is 1.00. The van der Waals surface area contributed by atoms with E-state index in [1.165, 1.54) is 25.3 Å². The van der Waals surface area contributed by atoms with Crippen LogP contribution in [0.5, 0.6) is 0 Å². The minimum absolute atomic E-state index is 0.348. The number of nitrogens with zero attached hydrogens (tertiary/aromatic N) is 1. The van der Waals surface area contributed by atoms with Gasteiger partial charge in [-0.05, 0) is 35.8 Å². The van der Waals surface area contributed by atoms with E-state index in [-0.39, 0.29) is 0 Å². The van der Waals surface area contributed by atoms with Crippen molar-refractivity contribution in [2.24, 2.45) is 10.8 Å². The summed E-state index contributed by atoms with van der Waals surface area (Å²) in [7, 11) is 0. The summed E-state index contributed by atoms with van der Waals surface area (Å²) in [5, 5.41) is 3.79. The van der Waals surface area contributed by atoms with Gasteiger partial charge in [0.1, 0.15) is 0 Å². The normalized spacial score (nSPS) is 26.7. The van der Waals surface area contributed by atoms with Crippen LogP contribution >= 0.6 is 11.8 Å². The first-order valence-electron chi connectivity index (χ1n) is 7.62. The van der Waals surface area contributed by atoms with E-state index in [1.807, 2.05) is 11.8 Å². The second kappa shape index (κ2) is 6.82. The largest absolute Gasteiger partial charge is 0.311 e. The van der Waals surface area contributed by atoms with Gasteiger partial charge in [0.05, 0.1) is 0 Å². The highest BCUT2D eigenvalue weighted by Gasteiger charge is 2.38. The maximum absolute atomic E-state index is 3.79. The van der Waals surface area contributed by atoms with Gasteiger partial charge >= 0.3 is 0 Å². The van der Waals surface area contributed by atoms with Gasteiger partial charge in [0.15, 0.2) is 0 Å². The third kappa shape index (κ3) is 5.28. The number of rotatable bonds is 4. The Morgan fingerprint density at radius 2 is 1.74 bits per heavy atom. The lowest BCUT2D eigenvalue weighted by Gasteiger charge is -2.49. The molecule has 1 aliphatic rings. The molecule has 0 aliphatic carbocycles. The van der Waals surface area contributed by atoms with Gasteiger partial charge in [0.2, 0.25) is 0 Å². The van der Waals surface area contributed by atoms with Crippen molar-refractivity contribution in [3.63, 3.8) is 0 Å². The second-order valence-corrected chi connectivity index (χ2v) is 9.04. The van der Waals surface area contributed by atoms with Crippen molar-refractivity contribution in [1.29, 1.82) is 0 Å². The minimum atomic E-state index is 0.348. The van der Waals surface area contributed by atoms with Crippen LogP contribution in [-0.2, 0) is 0 Å². The van der Waals surface area contributed by atoms with Gasteiger partial charge in [0.25, 0.3) is 0 Å². The molecule has 0 radical (unpaired) electrons. The Morgan fingerprint density at radius 3 is 2.21 bits per heavy atom. The first kappa shape index (κ1) is 17.3. The van der Waals surface area contributed by atoms with E-state index in [9.17, 15) is 0 Å². The standard InChI is InChI=1S/C16H34N2S/c1-15(2,3)13-12-18(9-8-10-19-7)14(11-17-13)16(4,5)6/h13-14,17H,8-12H2,1-7H3. The zero-order valence-electron chi connectivity index (χ0n) is 14.0. The van der Waals surface area contributed by atoms with Crippen molar-refractivity contribution in [2.45, 2.75) is 60.0 Å². The lowest BCUT2D eigenvalue weighted by molar-refractivity contribution is 0.0309. The van der Waals surface area contributed by atoms with Crippen molar-refractivity contribution < 1.29 is 0 Å². The Morgan fingerprint density at radius 1 is 1.11 bits per heavy atom. The summed E-state index contributed by atoms with van der Waals surface area (Å²) in [5.41, 5.74) is 0.704. The summed E-state index contributed by atoms with van der Waals surface area (Å²) < 4.78 is 0. The van der Waals surface area contributed by atoms with Crippen LogP contribution in [0.4, 0.5) is 0 Å². The summed E-state index contributed by atoms with van der Waals surface area (Å²) in [6.07, 6.45) is 3.52. The molecule has 0 aromatic carbocycles. The third-order valence-corrected chi connectivity index (χ3v) is 4.95. The first-order valence-corrected chi connectivity index (χ1v) is 9.02. The fourth-order valence-electron chi connectivity index (χ4n) is 2.90. The molecular formula is C16H34N2S. The van der Waals surface area contributed by atoms with E-state index >= 15 is 0 Å². The van der Waals surface area contributed by atoms with E-state index in [2.05, 4.69) is 58.0 Å². The molecule has 1 saturated heterocycles. The van der Waals surface area contributed by atoms with Crippen LogP contribution < -0.4 is 5.32 Å². The number of nitrogens with one attached hydrogen (secondary N) is 1. The highest BCUT2D eigenvalue weighted by Crippen LogP contribution is 2.30. The van der Waals surface area contributed by atoms with Crippen LogP contribution in [0.1, 0.15) is 48.0 Å². The van der Waals surface area contributed by atoms with Crippen LogP contribution in [0.2, 0.25) is 0 Å². The van der Waals surface area contributed by atoms with Crippen LogP contribution in [0.15, 0.2) is 0 Å². The molecule has 0 spiro atoms. The lowest BCUT2D eigenvalue weighted by atomic mass is 9.79. The van der Waals surface area contributed by atoms with Gasteiger partial charge in [-0.15, -0.1) is 0 Å². The Kier molecular flexibility index (Phi) is 6.22. The van der Waals surface area contributed by atoms with Crippen molar-refractivity contribution in [2.75, 3.05) is 31.6 Å². The molecule has 1 N–H and O–H groups in total. The summed E-state index contributed by atoms with van der Waals surface area (Å²) in [5.74, 6) is 1.28. The van der Waals surface area contributed by atoms with Gasteiger partial charge in [0, 0.05) is 25.2 Å². The van der Waals surface area contributed by atoms with Gasteiger partial charge < -0.3 is 5.32 Å². The molecule has 1 aliphatic heterocycles. The lowest BCUT2D eigenvalue weighted by Crippen LogP contribution is -2.63. The van der Waals surface area contributed by atoms with E-state index in [4.69, 9.17) is 0 Å². The molecule has 2 unspecified atom stereocenters. The predicted octanol–water partition coefficient (Wildman–Crippen LogP) is 3.47. The van der Waals surface area contributed by atoms with Crippen LogP contribution in [0.3, 0.4) is 0 Å². The fourth-order valence-corrected chi connectivity index (χ4v) is 3.32. The van der Waals surface area contributed by atoms with Gasteiger partial charge in [-0.1, -0.05) is 41.5 Å². The Balaban J connectivity index is 2.69. The molecule has 0 aromatic heterocycles. The number of hydrogen-bond donors (Lipinski definition) is 1. The van der Waals surface area contributed by atoms with Crippen molar-refractivity contribution in [3.8, 4) is 0 Å². The van der Waals surface area contributed by atoms with Crippen LogP contribution in [0.25, 0.3) is 0 Å². The number of piperazine rings is 1. The Bertz CT molecular complexity index is 265. The summed E-state index contributed by atoms with van der Waals surface area (Å²) >= 11 is 1.96. The highest BCUT2D eigenvalue weighted by atomic mass is 32.2. The van der Waals surface area contributed by atoms with Crippen LogP contribution in [0, 0.1) is 10.8 Å². The van der Waals surface area contributed by atoms with Gasteiger partial charge in [-0.3, -0.25) is 4.90 Å². The Labute approximate surface area is 125 Å². The zero-order chi connectivity index (χ0) is 14.7. The molecule has 0 saturated carbocycles. The molecule has 2 atom stereocenters. The molecule has 1 fully saturated rings. The minimum Gasteiger partial charge on any atom is -0.311 e. The van der Waals surface area contributed by atoms with E-state index < -0.39 is 0 Å². The molecule has 1 heterocycles. The average Bonchev–Trinajstić information content (AvgIpc) is 2.26. The SMILES string of the molecule is CSCCCN1CC(C(C)(C)C)NCC1C(C)(C)C. The molecule has 0 aromatic rings. The molecular weight excluding hydrogens is 252 g/mol. The maximum Gasteiger partial charge on any atom is 0.0269 e. The smallest absolute Gasteiger partial charge is 0.0269 e. The van der Waals surface area contributed by atoms with E-state index in [0.717, 1.165) is 6.54 Å². The first-order chi connectivity index (χ1) is 8.66. The second-order valence-electron chi connectivity index (χ2n) is 8.05. The maximum atomic E-state index is 3.79. The monoisotopic (exact) mass is 286 g/mol. The molecule has 19 heavy (non-hydrogen) atoms. The average molecular weight is 287 g/mol. The van der Waals surface area contributed by atoms with Crippen LogP contribution in [-0.4, -0.2) is 48.6 Å². The van der Waals surface area contributed by atoms with Gasteiger partial charge in [-0.2, -0.15) is 11.8 Å². The quantitative estimate of drug-likeness (QED) is 0.797. The molecule has 2 nitrogen and oxygen atoms in total. The molecule has 1 rings (SSSR count). The molecule has 0 bridgehead atoms. The summed E-state index contributed by atoms with van der Waals surface area (Å²) in [4.78, 5) is 2.74. The number of hydrogen-bond acceptors (Lipinski definition) is 3.